The van der Waals surface area contributed by atoms with Gasteiger partial charge in [0.05, 0.1) is 24.7 Å². The minimum absolute atomic E-state index is 0.0973. The zero-order valence-corrected chi connectivity index (χ0v) is 18.4. The number of benzene rings is 2. The lowest BCUT2D eigenvalue weighted by molar-refractivity contribution is 0.0865. The van der Waals surface area contributed by atoms with Gasteiger partial charge in [-0.1, -0.05) is 41.9 Å². The molecule has 164 valence electrons. The number of carbonyl (C=O) groups is 1. The van der Waals surface area contributed by atoms with Crippen LogP contribution in [-0.4, -0.2) is 44.1 Å². The quantitative estimate of drug-likeness (QED) is 0.681. The number of hydrogen-bond donors (Lipinski definition) is 2. The van der Waals surface area contributed by atoms with Gasteiger partial charge in [-0.3, -0.25) is 9.69 Å². The van der Waals surface area contributed by atoms with Crippen molar-refractivity contribution in [2.24, 2.45) is 5.92 Å². The van der Waals surface area contributed by atoms with E-state index in [1.807, 2.05) is 18.2 Å². The van der Waals surface area contributed by atoms with E-state index in [2.05, 4.69) is 33.9 Å². The van der Waals surface area contributed by atoms with Crippen LogP contribution >= 0.6 is 11.6 Å². The highest BCUT2D eigenvalue weighted by molar-refractivity contribution is 6.32. The van der Waals surface area contributed by atoms with Crippen LogP contribution in [0.1, 0.15) is 34.8 Å². The molecule has 0 aromatic heterocycles. The van der Waals surface area contributed by atoms with Gasteiger partial charge in [-0.25, -0.2) is 0 Å². The van der Waals surface area contributed by atoms with Crippen molar-refractivity contribution in [1.82, 2.24) is 15.7 Å². The van der Waals surface area contributed by atoms with E-state index in [1.54, 1.807) is 25.3 Å². The minimum atomic E-state index is -0.0973. The van der Waals surface area contributed by atoms with Gasteiger partial charge >= 0.3 is 0 Å². The van der Waals surface area contributed by atoms with Crippen LogP contribution in [0.15, 0.2) is 60.4 Å². The smallest absolute Gasteiger partial charge is 0.251 e. The number of hydroxylamine groups is 1. The second-order valence-corrected chi connectivity index (χ2v) is 8.43. The Kier molecular flexibility index (Phi) is 7.12. The van der Waals surface area contributed by atoms with E-state index in [9.17, 15) is 4.79 Å². The van der Waals surface area contributed by atoms with Gasteiger partial charge in [-0.15, -0.1) is 5.48 Å². The van der Waals surface area contributed by atoms with Gasteiger partial charge in [0, 0.05) is 12.1 Å². The fourth-order valence-electron chi connectivity index (χ4n) is 4.01. The number of hydrogen-bond acceptors (Lipinski definition) is 5. The molecule has 31 heavy (non-hydrogen) atoms. The third-order valence-electron chi connectivity index (χ3n) is 5.88. The van der Waals surface area contributed by atoms with E-state index in [1.165, 1.54) is 5.56 Å². The Balaban J connectivity index is 1.21. The van der Waals surface area contributed by atoms with Gasteiger partial charge in [-0.2, -0.15) is 0 Å². The fourth-order valence-corrected chi connectivity index (χ4v) is 4.21. The number of carbonyl (C=O) groups excluding carboxylic acids is 1. The predicted octanol–water partition coefficient (Wildman–Crippen LogP) is 3.95. The Morgan fingerprint density at radius 2 is 2.00 bits per heavy atom. The summed E-state index contributed by atoms with van der Waals surface area (Å²) in [5.41, 5.74) is 4.86. The van der Waals surface area contributed by atoms with Crippen LogP contribution in [0.5, 0.6) is 5.75 Å². The highest BCUT2D eigenvalue weighted by atomic mass is 35.5. The van der Waals surface area contributed by atoms with E-state index in [0.717, 1.165) is 38.2 Å². The van der Waals surface area contributed by atoms with Crippen LogP contribution in [0, 0.1) is 5.92 Å². The van der Waals surface area contributed by atoms with Crippen LogP contribution in [0.2, 0.25) is 5.02 Å². The van der Waals surface area contributed by atoms with E-state index >= 15 is 0 Å². The molecule has 2 aromatic rings. The first-order valence-electron chi connectivity index (χ1n) is 10.6. The molecule has 1 fully saturated rings. The molecule has 1 amide bonds. The van der Waals surface area contributed by atoms with Crippen LogP contribution in [0.25, 0.3) is 0 Å². The molecule has 2 heterocycles. The molecule has 0 bridgehead atoms. The number of ether oxygens (including phenoxy) is 1. The zero-order chi connectivity index (χ0) is 21.6. The standard InChI is InChI=1S/C24H28ClN3O3/c1-30-23-13-19(7-8-21(23)25)24(29)26-15-17-9-11-28(12-10-17)16-20-14-22(27-31-20)18-5-3-2-4-6-18/h2-8,13-14,17,22,27H,9-12,15-16H2,1H3,(H,26,29). The molecule has 0 aliphatic carbocycles. The molecule has 7 heteroatoms. The lowest BCUT2D eigenvalue weighted by Gasteiger charge is -2.31. The Morgan fingerprint density at radius 1 is 1.23 bits per heavy atom. The summed E-state index contributed by atoms with van der Waals surface area (Å²) in [6.07, 6.45) is 4.25. The third kappa shape index (κ3) is 5.58. The van der Waals surface area contributed by atoms with Gasteiger partial charge in [-0.05, 0) is 61.7 Å². The zero-order valence-electron chi connectivity index (χ0n) is 17.6. The maximum atomic E-state index is 12.5. The molecular weight excluding hydrogens is 414 g/mol. The normalized spacial score (nSPS) is 19.5. The van der Waals surface area contributed by atoms with Gasteiger partial charge in [0.15, 0.2) is 0 Å². The van der Waals surface area contributed by atoms with Crippen LogP contribution in [0.4, 0.5) is 0 Å². The van der Waals surface area contributed by atoms with Crippen molar-refractivity contribution in [3.05, 3.63) is 76.5 Å². The van der Waals surface area contributed by atoms with Crippen LogP contribution in [-0.2, 0) is 4.84 Å². The summed E-state index contributed by atoms with van der Waals surface area (Å²) < 4.78 is 5.19. The van der Waals surface area contributed by atoms with Crippen molar-refractivity contribution < 1.29 is 14.4 Å². The van der Waals surface area contributed by atoms with E-state index in [4.69, 9.17) is 21.2 Å². The number of nitrogens with zero attached hydrogens (tertiary/aromatic N) is 1. The van der Waals surface area contributed by atoms with E-state index in [-0.39, 0.29) is 11.9 Å². The molecular formula is C24H28ClN3O3. The molecule has 1 unspecified atom stereocenters. The highest BCUT2D eigenvalue weighted by Gasteiger charge is 2.24. The van der Waals surface area contributed by atoms with Crippen molar-refractivity contribution >= 4 is 17.5 Å². The first-order chi connectivity index (χ1) is 15.1. The van der Waals surface area contributed by atoms with Crippen LogP contribution in [0.3, 0.4) is 0 Å². The topological polar surface area (TPSA) is 62.8 Å². The molecule has 1 atom stereocenters. The molecule has 1 saturated heterocycles. The van der Waals surface area contributed by atoms with Crippen molar-refractivity contribution in [2.75, 3.05) is 33.3 Å². The van der Waals surface area contributed by atoms with Gasteiger partial charge in [0.2, 0.25) is 0 Å². The number of methoxy groups -OCH3 is 1. The summed E-state index contributed by atoms with van der Waals surface area (Å²) in [4.78, 5) is 20.6. The first-order valence-corrected chi connectivity index (χ1v) is 11.0. The van der Waals surface area contributed by atoms with Crippen molar-refractivity contribution in [3.63, 3.8) is 0 Å². The molecule has 2 aromatic carbocycles. The van der Waals surface area contributed by atoms with E-state index in [0.29, 0.717) is 28.8 Å². The molecule has 0 saturated carbocycles. The summed E-state index contributed by atoms with van der Waals surface area (Å²) >= 11 is 6.04. The number of rotatable bonds is 7. The fraction of sp³-hybridized carbons (Fsp3) is 0.375. The Bertz CT molecular complexity index is 927. The lowest BCUT2D eigenvalue weighted by Crippen LogP contribution is -2.39. The highest BCUT2D eigenvalue weighted by Crippen LogP contribution is 2.26. The summed E-state index contributed by atoms with van der Waals surface area (Å²) in [5.74, 6) is 1.86. The number of likely N-dealkylation sites (tertiary alicyclic amines) is 1. The van der Waals surface area contributed by atoms with Crippen LogP contribution < -0.4 is 15.5 Å². The molecule has 4 rings (SSSR count). The molecule has 2 N–H and O–H groups in total. The van der Waals surface area contributed by atoms with Gasteiger partial charge < -0.3 is 14.9 Å². The van der Waals surface area contributed by atoms with Gasteiger partial charge in [0.25, 0.3) is 5.91 Å². The second-order valence-electron chi connectivity index (χ2n) is 8.02. The molecule has 2 aliphatic heterocycles. The SMILES string of the molecule is COc1cc(C(=O)NCC2CCN(CC3=CC(c4ccccc4)NO3)CC2)ccc1Cl. The number of piperidine rings is 1. The lowest BCUT2D eigenvalue weighted by atomic mass is 9.96. The predicted molar refractivity (Wildman–Crippen MR) is 121 cm³/mol. The summed E-state index contributed by atoms with van der Waals surface area (Å²) in [5, 5.41) is 3.55. The van der Waals surface area contributed by atoms with Crippen molar-refractivity contribution in [2.45, 2.75) is 18.9 Å². The summed E-state index contributed by atoms with van der Waals surface area (Å²) in [6.45, 7) is 3.46. The Labute approximate surface area is 188 Å². The van der Waals surface area contributed by atoms with Crippen molar-refractivity contribution in [3.8, 4) is 5.75 Å². The largest absolute Gasteiger partial charge is 0.495 e. The number of amides is 1. The second kappa shape index (κ2) is 10.2. The van der Waals surface area contributed by atoms with E-state index < -0.39 is 0 Å². The maximum absolute atomic E-state index is 12.5. The molecule has 0 spiro atoms. The minimum Gasteiger partial charge on any atom is -0.495 e. The Morgan fingerprint density at radius 3 is 2.74 bits per heavy atom. The third-order valence-corrected chi connectivity index (χ3v) is 6.19. The first kappa shape index (κ1) is 21.7. The average Bonchev–Trinajstić information content (AvgIpc) is 3.28. The molecule has 6 nitrogen and oxygen atoms in total. The summed E-state index contributed by atoms with van der Waals surface area (Å²) in [7, 11) is 1.54. The molecule has 0 radical (unpaired) electrons. The Hall–Kier alpha value is -2.54. The summed E-state index contributed by atoms with van der Waals surface area (Å²) in [6, 6.07) is 15.5. The van der Waals surface area contributed by atoms with Gasteiger partial charge in [0.1, 0.15) is 11.5 Å². The van der Waals surface area contributed by atoms with Crippen molar-refractivity contribution in [1.29, 1.82) is 0 Å². The number of halogens is 1. The molecule has 2 aliphatic rings. The maximum Gasteiger partial charge on any atom is 0.251 e. The average molecular weight is 442 g/mol. The number of nitrogens with one attached hydrogen (secondary N) is 2. The monoisotopic (exact) mass is 441 g/mol.